The Kier molecular flexibility index (Phi) is 9.24. The van der Waals surface area contributed by atoms with E-state index < -0.39 is 21.8 Å². The molecule has 3 N–H and O–H groups in total. The highest BCUT2D eigenvalue weighted by Gasteiger charge is 2.24. The van der Waals surface area contributed by atoms with E-state index in [4.69, 9.17) is 10.5 Å². The minimum Gasteiger partial charge on any atom is -0.484 e. The van der Waals surface area contributed by atoms with Gasteiger partial charge in [0.1, 0.15) is 5.75 Å². The molecule has 0 aliphatic rings. The third-order valence-electron chi connectivity index (χ3n) is 5.18. The van der Waals surface area contributed by atoms with Crippen LogP contribution >= 0.6 is 0 Å². The van der Waals surface area contributed by atoms with Gasteiger partial charge < -0.3 is 20.7 Å². The minimum atomic E-state index is -3.70. The molecule has 0 radical (unpaired) electrons. The maximum atomic E-state index is 13.0. The van der Waals surface area contributed by atoms with Gasteiger partial charge in [-0.2, -0.15) is 4.31 Å². The third kappa shape index (κ3) is 6.45. The number of hydrogen-bond acceptors (Lipinski definition) is 6. The van der Waals surface area contributed by atoms with Gasteiger partial charge in [-0.15, -0.1) is 0 Å². The zero-order valence-electron chi connectivity index (χ0n) is 19.5. The van der Waals surface area contributed by atoms with E-state index in [1.165, 1.54) is 16.4 Å². The zero-order valence-corrected chi connectivity index (χ0v) is 20.3. The van der Waals surface area contributed by atoms with Crippen LogP contribution in [0.3, 0.4) is 0 Å². The lowest BCUT2D eigenvalue weighted by Gasteiger charge is -2.26. The zero-order chi connectivity index (χ0) is 24.6. The number of carbonyl (C=O) groups is 2. The standard InChI is InChI=1S/C23H32N4O5S/c1-5-26(6-2)21-13-12-19(33(30,31)27(7-3)8-4)15-20(21)25-22(28)16-32-18-11-9-10-17(14-18)23(24)29/h9-15H,5-8,16H2,1-4H3,(H2,24,29)(H,25,28). The van der Waals surface area contributed by atoms with E-state index in [1.807, 2.05) is 18.7 Å². The Morgan fingerprint density at radius 1 is 0.970 bits per heavy atom. The summed E-state index contributed by atoms with van der Waals surface area (Å²) in [6, 6.07) is 11.0. The maximum absolute atomic E-state index is 13.0. The van der Waals surface area contributed by atoms with Crippen molar-refractivity contribution in [3.05, 3.63) is 48.0 Å². The highest BCUT2D eigenvalue weighted by Crippen LogP contribution is 2.30. The van der Waals surface area contributed by atoms with Crippen LogP contribution in [0.4, 0.5) is 11.4 Å². The SMILES string of the molecule is CCN(CC)c1ccc(S(=O)(=O)N(CC)CC)cc1NC(=O)COc1cccc(C(N)=O)c1. The number of rotatable bonds is 12. The minimum absolute atomic E-state index is 0.104. The maximum Gasteiger partial charge on any atom is 0.262 e. The Balaban J connectivity index is 2.30. The first-order chi connectivity index (χ1) is 15.7. The number of benzene rings is 2. The second-order valence-corrected chi connectivity index (χ2v) is 9.11. The first-order valence-corrected chi connectivity index (χ1v) is 12.3. The van der Waals surface area contributed by atoms with E-state index in [0.29, 0.717) is 43.3 Å². The molecule has 180 valence electrons. The van der Waals surface area contributed by atoms with Crippen molar-refractivity contribution in [3.63, 3.8) is 0 Å². The van der Waals surface area contributed by atoms with Crippen LogP contribution < -0.4 is 20.7 Å². The molecular formula is C23H32N4O5S. The van der Waals surface area contributed by atoms with E-state index in [2.05, 4.69) is 5.32 Å². The Bertz CT molecular complexity index is 1080. The number of amides is 2. The molecule has 0 heterocycles. The smallest absolute Gasteiger partial charge is 0.262 e. The average molecular weight is 477 g/mol. The molecule has 0 bridgehead atoms. The fourth-order valence-corrected chi connectivity index (χ4v) is 4.89. The van der Waals surface area contributed by atoms with Crippen molar-refractivity contribution in [2.45, 2.75) is 32.6 Å². The molecule has 0 fully saturated rings. The lowest BCUT2D eigenvalue weighted by atomic mass is 10.2. The molecule has 0 spiro atoms. The summed E-state index contributed by atoms with van der Waals surface area (Å²) in [4.78, 5) is 26.1. The summed E-state index contributed by atoms with van der Waals surface area (Å²) in [6.45, 7) is 9.22. The molecule has 2 amide bonds. The van der Waals surface area contributed by atoms with E-state index >= 15 is 0 Å². The topological polar surface area (TPSA) is 122 Å². The van der Waals surface area contributed by atoms with Crippen molar-refractivity contribution in [2.75, 3.05) is 43.0 Å². The van der Waals surface area contributed by atoms with E-state index in [1.54, 1.807) is 44.2 Å². The number of nitrogens with zero attached hydrogens (tertiary/aromatic N) is 2. The van der Waals surface area contributed by atoms with Gasteiger partial charge >= 0.3 is 0 Å². The van der Waals surface area contributed by atoms with Gasteiger partial charge in [-0.05, 0) is 50.2 Å². The van der Waals surface area contributed by atoms with Crippen LogP contribution in [0.2, 0.25) is 0 Å². The van der Waals surface area contributed by atoms with Crippen LogP contribution in [0.5, 0.6) is 5.75 Å². The van der Waals surface area contributed by atoms with Crippen LogP contribution in [0.15, 0.2) is 47.4 Å². The fraction of sp³-hybridized carbons (Fsp3) is 0.391. The highest BCUT2D eigenvalue weighted by atomic mass is 32.2. The average Bonchev–Trinajstić information content (AvgIpc) is 2.80. The molecule has 0 saturated carbocycles. The Morgan fingerprint density at radius 2 is 1.64 bits per heavy atom. The van der Waals surface area contributed by atoms with Crippen molar-refractivity contribution in [1.29, 1.82) is 0 Å². The number of hydrogen-bond donors (Lipinski definition) is 2. The van der Waals surface area contributed by atoms with Crippen molar-refractivity contribution in [1.82, 2.24) is 4.31 Å². The van der Waals surface area contributed by atoms with E-state index in [0.717, 1.165) is 0 Å². The van der Waals surface area contributed by atoms with Crippen molar-refractivity contribution in [3.8, 4) is 5.75 Å². The van der Waals surface area contributed by atoms with Gasteiger partial charge in [-0.1, -0.05) is 19.9 Å². The number of primary amides is 1. The molecule has 2 aromatic carbocycles. The molecule has 0 aromatic heterocycles. The summed E-state index contributed by atoms with van der Waals surface area (Å²) in [7, 11) is -3.70. The fourth-order valence-electron chi connectivity index (χ4n) is 3.40. The quantitative estimate of drug-likeness (QED) is 0.486. The van der Waals surface area contributed by atoms with Crippen LogP contribution in [-0.2, 0) is 14.8 Å². The third-order valence-corrected chi connectivity index (χ3v) is 7.22. The molecule has 2 aromatic rings. The van der Waals surface area contributed by atoms with Gasteiger partial charge in [0.2, 0.25) is 15.9 Å². The van der Waals surface area contributed by atoms with Crippen LogP contribution in [0.1, 0.15) is 38.1 Å². The molecule has 0 aliphatic heterocycles. The molecule has 33 heavy (non-hydrogen) atoms. The number of carbonyl (C=O) groups excluding carboxylic acids is 2. The molecule has 0 atom stereocenters. The predicted octanol–water partition coefficient (Wildman–Crippen LogP) is 2.68. The molecule has 2 rings (SSSR count). The van der Waals surface area contributed by atoms with Crippen LogP contribution in [-0.4, -0.2) is 57.3 Å². The van der Waals surface area contributed by atoms with Gasteiger partial charge in [0, 0.05) is 31.7 Å². The number of nitrogens with two attached hydrogens (primary N) is 1. The van der Waals surface area contributed by atoms with Crippen molar-refractivity contribution in [2.24, 2.45) is 5.73 Å². The van der Waals surface area contributed by atoms with Gasteiger partial charge in [0.25, 0.3) is 5.91 Å². The lowest BCUT2D eigenvalue weighted by Crippen LogP contribution is -2.31. The van der Waals surface area contributed by atoms with Crippen LogP contribution in [0.25, 0.3) is 0 Å². The molecule has 9 nitrogen and oxygen atoms in total. The summed E-state index contributed by atoms with van der Waals surface area (Å²) in [6.07, 6.45) is 0. The van der Waals surface area contributed by atoms with Crippen molar-refractivity contribution < 1.29 is 22.7 Å². The summed E-state index contributed by atoms with van der Waals surface area (Å²) >= 11 is 0. The summed E-state index contributed by atoms with van der Waals surface area (Å²) in [5.41, 5.74) is 6.63. The Hall–Kier alpha value is -3.11. The second kappa shape index (κ2) is 11.7. The molecular weight excluding hydrogens is 444 g/mol. The molecule has 0 aliphatic carbocycles. The first-order valence-electron chi connectivity index (χ1n) is 10.9. The van der Waals surface area contributed by atoms with Gasteiger partial charge in [-0.3, -0.25) is 9.59 Å². The van der Waals surface area contributed by atoms with Gasteiger partial charge in [0.05, 0.1) is 16.3 Å². The number of sulfonamides is 1. The lowest BCUT2D eigenvalue weighted by molar-refractivity contribution is -0.118. The largest absolute Gasteiger partial charge is 0.484 e. The number of nitrogens with one attached hydrogen (secondary N) is 1. The normalized spacial score (nSPS) is 11.3. The van der Waals surface area contributed by atoms with E-state index in [9.17, 15) is 18.0 Å². The number of ether oxygens (including phenoxy) is 1. The van der Waals surface area contributed by atoms with Gasteiger partial charge in [0.15, 0.2) is 6.61 Å². The van der Waals surface area contributed by atoms with E-state index in [-0.39, 0.29) is 17.1 Å². The Morgan fingerprint density at radius 3 is 2.21 bits per heavy atom. The molecule has 0 saturated heterocycles. The first kappa shape index (κ1) is 26.1. The molecule has 0 unspecified atom stereocenters. The summed E-state index contributed by atoms with van der Waals surface area (Å²) < 4.78 is 32.8. The predicted molar refractivity (Wildman–Crippen MR) is 129 cm³/mol. The monoisotopic (exact) mass is 476 g/mol. The highest BCUT2D eigenvalue weighted by molar-refractivity contribution is 7.89. The van der Waals surface area contributed by atoms with Gasteiger partial charge in [-0.25, -0.2) is 8.42 Å². The summed E-state index contributed by atoms with van der Waals surface area (Å²) in [5.74, 6) is -0.742. The number of anilines is 2. The Labute approximate surface area is 195 Å². The second-order valence-electron chi connectivity index (χ2n) is 7.17. The van der Waals surface area contributed by atoms with Crippen molar-refractivity contribution >= 4 is 33.2 Å². The summed E-state index contributed by atoms with van der Waals surface area (Å²) in [5, 5.41) is 2.77. The molecule has 10 heteroatoms. The van der Waals surface area contributed by atoms with Crippen LogP contribution in [0, 0.1) is 0 Å².